The van der Waals surface area contributed by atoms with Crippen LogP contribution in [-0.4, -0.2) is 30.5 Å². The Morgan fingerprint density at radius 3 is 2.81 bits per heavy atom. The van der Waals surface area contributed by atoms with Gasteiger partial charge in [0.15, 0.2) is 0 Å². The Hall–Kier alpha value is -2.60. The monoisotopic (exact) mass is 368 g/mol. The summed E-state index contributed by atoms with van der Waals surface area (Å²) in [6.45, 7) is 7.19. The normalized spacial score (nSPS) is 18.6. The van der Waals surface area contributed by atoms with Gasteiger partial charge in [-0.05, 0) is 75.5 Å². The van der Waals surface area contributed by atoms with Crippen molar-refractivity contribution in [2.75, 3.05) is 30.3 Å². The van der Waals surface area contributed by atoms with E-state index in [1.165, 1.54) is 25.0 Å². The van der Waals surface area contributed by atoms with Gasteiger partial charge in [-0.25, -0.2) is 4.39 Å². The fraction of sp³-hybridized carbons (Fsp3) is 0.381. The molecule has 4 rings (SSSR count). The molecule has 0 bridgehead atoms. The number of benzene rings is 1. The van der Waals surface area contributed by atoms with Crippen LogP contribution in [0.3, 0.4) is 0 Å². The summed E-state index contributed by atoms with van der Waals surface area (Å²) in [5.74, 6) is 0.128. The summed E-state index contributed by atoms with van der Waals surface area (Å²) < 4.78 is 13.6. The van der Waals surface area contributed by atoms with Gasteiger partial charge in [0.25, 0.3) is 5.91 Å². The molecular formula is C21H25FN4O. The summed E-state index contributed by atoms with van der Waals surface area (Å²) in [6, 6.07) is 4.36. The number of aromatic nitrogens is 1. The number of nitrogens with one attached hydrogen (secondary N) is 4. The van der Waals surface area contributed by atoms with Crippen molar-refractivity contribution in [2.45, 2.75) is 26.7 Å². The molecule has 6 heteroatoms. The van der Waals surface area contributed by atoms with Crippen LogP contribution in [0.2, 0.25) is 0 Å². The fourth-order valence-electron chi connectivity index (χ4n) is 3.96. The molecule has 1 aromatic heterocycles. The van der Waals surface area contributed by atoms with Crippen LogP contribution in [0.15, 0.2) is 18.2 Å². The van der Waals surface area contributed by atoms with Crippen LogP contribution in [-0.2, 0) is 4.79 Å². The number of anilines is 2. The first-order valence-corrected chi connectivity index (χ1v) is 9.49. The highest BCUT2D eigenvalue weighted by atomic mass is 19.1. The second-order valence-electron chi connectivity index (χ2n) is 7.44. The first-order valence-electron chi connectivity index (χ1n) is 9.49. The highest BCUT2D eigenvalue weighted by Crippen LogP contribution is 2.35. The van der Waals surface area contributed by atoms with Crippen molar-refractivity contribution in [1.29, 1.82) is 0 Å². The van der Waals surface area contributed by atoms with E-state index in [2.05, 4.69) is 20.9 Å². The first kappa shape index (κ1) is 17.8. The summed E-state index contributed by atoms with van der Waals surface area (Å²) in [5, 5.41) is 9.77. The zero-order valence-corrected chi connectivity index (χ0v) is 15.7. The van der Waals surface area contributed by atoms with Gasteiger partial charge in [0, 0.05) is 29.2 Å². The average Bonchev–Trinajstić information content (AvgIpc) is 3.11. The molecule has 0 saturated carbocycles. The van der Waals surface area contributed by atoms with Crippen LogP contribution < -0.4 is 16.0 Å². The first-order chi connectivity index (χ1) is 13.0. The number of amides is 1. The number of hydrogen-bond donors (Lipinski definition) is 4. The highest BCUT2D eigenvalue weighted by Gasteiger charge is 2.25. The van der Waals surface area contributed by atoms with Gasteiger partial charge < -0.3 is 20.9 Å². The Morgan fingerprint density at radius 2 is 2.04 bits per heavy atom. The van der Waals surface area contributed by atoms with Crippen molar-refractivity contribution in [3.05, 3.63) is 46.5 Å². The van der Waals surface area contributed by atoms with E-state index in [-0.39, 0.29) is 11.7 Å². The van der Waals surface area contributed by atoms with Crippen LogP contribution in [0.1, 0.15) is 35.4 Å². The van der Waals surface area contributed by atoms with E-state index in [1.54, 1.807) is 6.07 Å². The molecule has 0 atom stereocenters. The molecule has 0 unspecified atom stereocenters. The Bertz CT molecular complexity index is 909. The third-order valence-electron chi connectivity index (χ3n) is 5.56. The van der Waals surface area contributed by atoms with Gasteiger partial charge in [0.05, 0.1) is 11.3 Å². The van der Waals surface area contributed by atoms with Crippen LogP contribution in [0.4, 0.5) is 15.8 Å². The van der Waals surface area contributed by atoms with E-state index in [9.17, 15) is 9.18 Å². The minimum absolute atomic E-state index is 0.202. The van der Waals surface area contributed by atoms with Crippen molar-refractivity contribution in [3.8, 4) is 0 Å². The summed E-state index contributed by atoms with van der Waals surface area (Å²) in [6.07, 6.45) is 4.20. The number of rotatable bonds is 4. The zero-order chi connectivity index (χ0) is 19.0. The van der Waals surface area contributed by atoms with Crippen LogP contribution >= 0.6 is 0 Å². The van der Waals surface area contributed by atoms with E-state index in [4.69, 9.17) is 0 Å². The van der Waals surface area contributed by atoms with E-state index < -0.39 is 0 Å². The molecule has 2 aliphatic rings. The minimum atomic E-state index is -0.347. The maximum absolute atomic E-state index is 13.6. The SMILES string of the molecule is Cc1[nH]c(/C=C2\C(=O)Nc3ccc(F)cc32)c(C)c1NCC1CCNCC1. The number of halogens is 1. The quantitative estimate of drug-likeness (QED) is 0.623. The molecule has 2 aromatic rings. The van der Waals surface area contributed by atoms with Gasteiger partial charge in [-0.1, -0.05) is 0 Å². The number of carbonyl (C=O) groups is 1. The Labute approximate surface area is 158 Å². The second-order valence-corrected chi connectivity index (χ2v) is 7.44. The molecular weight excluding hydrogens is 343 g/mol. The molecule has 3 heterocycles. The molecule has 4 N–H and O–H groups in total. The third kappa shape index (κ3) is 3.49. The number of piperidine rings is 1. The Morgan fingerprint density at radius 1 is 1.26 bits per heavy atom. The lowest BCUT2D eigenvalue weighted by Gasteiger charge is -2.23. The molecule has 0 aliphatic carbocycles. The summed E-state index contributed by atoms with van der Waals surface area (Å²) in [4.78, 5) is 15.7. The summed E-state index contributed by atoms with van der Waals surface area (Å²) in [7, 11) is 0. The largest absolute Gasteiger partial charge is 0.383 e. The molecule has 2 aliphatic heterocycles. The maximum atomic E-state index is 13.6. The van der Waals surface area contributed by atoms with E-state index in [0.29, 0.717) is 22.7 Å². The predicted molar refractivity (Wildman–Crippen MR) is 107 cm³/mol. The summed E-state index contributed by atoms with van der Waals surface area (Å²) >= 11 is 0. The Balaban J connectivity index is 1.59. The molecule has 5 nitrogen and oxygen atoms in total. The van der Waals surface area contributed by atoms with Crippen molar-refractivity contribution < 1.29 is 9.18 Å². The molecule has 0 spiro atoms. The number of hydrogen-bond acceptors (Lipinski definition) is 3. The van der Waals surface area contributed by atoms with Crippen molar-refractivity contribution in [1.82, 2.24) is 10.3 Å². The van der Waals surface area contributed by atoms with E-state index >= 15 is 0 Å². The van der Waals surface area contributed by atoms with Gasteiger partial charge in [-0.2, -0.15) is 0 Å². The Kier molecular flexibility index (Phi) is 4.74. The minimum Gasteiger partial charge on any atom is -0.383 e. The fourth-order valence-corrected chi connectivity index (χ4v) is 3.96. The smallest absolute Gasteiger partial charge is 0.256 e. The van der Waals surface area contributed by atoms with E-state index in [0.717, 1.165) is 42.3 Å². The number of aryl methyl sites for hydroxylation is 1. The predicted octanol–water partition coefficient (Wildman–Crippen LogP) is 3.67. The van der Waals surface area contributed by atoms with Crippen LogP contribution in [0.5, 0.6) is 0 Å². The second kappa shape index (κ2) is 7.19. The van der Waals surface area contributed by atoms with Gasteiger partial charge in [-0.3, -0.25) is 4.79 Å². The lowest BCUT2D eigenvalue weighted by molar-refractivity contribution is -0.110. The van der Waals surface area contributed by atoms with Crippen LogP contribution in [0.25, 0.3) is 11.6 Å². The van der Waals surface area contributed by atoms with Gasteiger partial charge in [0.2, 0.25) is 0 Å². The molecule has 0 radical (unpaired) electrons. The number of fused-ring (bicyclic) bond motifs is 1. The highest BCUT2D eigenvalue weighted by molar-refractivity contribution is 6.34. The molecule has 1 aromatic carbocycles. The lowest BCUT2D eigenvalue weighted by atomic mass is 9.98. The molecule has 27 heavy (non-hydrogen) atoms. The molecule has 142 valence electrons. The van der Waals surface area contributed by atoms with Crippen LogP contribution in [0, 0.1) is 25.6 Å². The van der Waals surface area contributed by atoms with Crippen molar-refractivity contribution in [3.63, 3.8) is 0 Å². The van der Waals surface area contributed by atoms with Crippen molar-refractivity contribution >= 4 is 28.9 Å². The lowest BCUT2D eigenvalue weighted by Crippen LogP contribution is -2.31. The van der Waals surface area contributed by atoms with Gasteiger partial charge in [-0.15, -0.1) is 0 Å². The number of carbonyl (C=O) groups excluding carboxylic acids is 1. The van der Waals surface area contributed by atoms with Gasteiger partial charge >= 0.3 is 0 Å². The average molecular weight is 368 g/mol. The third-order valence-corrected chi connectivity index (χ3v) is 5.56. The molecule has 1 amide bonds. The van der Waals surface area contributed by atoms with Gasteiger partial charge in [0.1, 0.15) is 5.82 Å². The van der Waals surface area contributed by atoms with Crippen molar-refractivity contribution in [2.24, 2.45) is 5.92 Å². The molecule has 1 saturated heterocycles. The number of H-pyrrole nitrogens is 1. The maximum Gasteiger partial charge on any atom is 0.256 e. The van der Waals surface area contributed by atoms with E-state index in [1.807, 2.05) is 19.9 Å². The standard InChI is InChI=1S/C21H25FN4O/c1-12-19(10-17-16-9-15(22)3-4-18(16)26-21(17)27)25-13(2)20(12)24-11-14-5-7-23-8-6-14/h3-4,9-10,14,23-25H,5-8,11H2,1-2H3,(H,26,27)/b17-10-. The molecule has 1 fully saturated rings. The zero-order valence-electron chi connectivity index (χ0n) is 15.7. The summed E-state index contributed by atoms with van der Waals surface area (Å²) in [5.41, 5.74) is 5.84. The topological polar surface area (TPSA) is 69.0 Å². The number of aromatic amines is 1.